The van der Waals surface area contributed by atoms with Crippen molar-refractivity contribution < 1.29 is 4.79 Å². The fraction of sp³-hybridized carbons (Fsp3) is 0.0833. The molecule has 0 saturated heterocycles. The summed E-state index contributed by atoms with van der Waals surface area (Å²) in [5.41, 5.74) is 1.80. The standard InChI is InChI=1S/C12H10ClN3O/c1-8-6-11(13)10(7-15-8)12(17)16-9-2-4-14-5-3-9/h2-7H,1H3,(H,14,16,17). The maximum atomic E-state index is 11.9. The predicted molar refractivity (Wildman–Crippen MR) is 66.2 cm³/mol. The second-order valence-corrected chi connectivity index (χ2v) is 3.90. The van der Waals surface area contributed by atoms with E-state index in [1.807, 2.05) is 6.92 Å². The van der Waals surface area contributed by atoms with Crippen molar-refractivity contribution >= 4 is 23.2 Å². The third-order valence-electron chi connectivity index (χ3n) is 2.17. The molecule has 1 amide bonds. The maximum absolute atomic E-state index is 11.9. The second kappa shape index (κ2) is 4.93. The number of halogens is 1. The molecule has 0 aromatic carbocycles. The highest BCUT2D eigenvalue weighted by molar-refractivity contribution is 6.34. The van der Waals surface area contributed by atoms with E-state index < -0.39 is 0 Å². The SMILES string of the molecule is Cc1cc(Cl)c(C(=O)Nc2ccncc2)cn1. The van der Waals surface area contributed by atoms with Gasteiger partial charge in [-0.25, -0.2) is 0 Å². The molecule has 4 nitrogen and oxygen atoms in total. The van der Waals surface area contributed by atoms with Gasteiger partial charge in [0, 0.05) is 30.0 Å². The number of rotatable bonds is 2. The van der Waals surface area contributed by atoms with Crippen LogP contribution in [0.4, 0.5) is 5.69 Å². The Labute approximate surface area is 104 Å². The van der Waals surface area contributed by atoms with E-state index in [-0.39, 0.29) is 5.91 Å². The summed E-state index contributed by atoms with van der Waals surface area (Å²) in [5, 5.41) is 3.11. The monoisotopic (exact) mass is 247 g/mol. The number of aromatic nitrogens is 2. The first-order valence-corrected chi connectivity index (χ1v) is 5.38. The molecule has 2 heterocycles. The van der Waals surface area contributed by atoms with Crippen molar-refractivity contribution in [2.24, 2.45) is 0 Å². The smallest absolute Gasteiger partial charge is 0.258 e. The lowest BCUT2D eigenvalue weighted by atomic mass is 10.2. The van der Waals surface area contributed by atoms with Crippen LogP contribution < -0.4 is 5.32 Å². The number of pyridine rings is 2. The molecule has 2 rings (SSSR count). The van der Waals surface area contributed by atoms with Crippen molar-refractivity contribution in [2.75, 3.05) is 5.32 Å². The van der Waals surface area contributed by atoms with Crippen LogP contribution in [0, 0.1) is 6.92 Å². The molecule has 0 unspecified atom stereocenters. The minimum atomic E-state index is -0.284. The number of anilines is 1. The Morgan fingerprint density at radius 1 is 1.35 bits per heavy atom. The number of carbonyl (C=O) groups excluding carboxylic acids is 1. The van der Waals surface area contributed by atoms with Crippen LogP contribution in [0.5, 0.6) is 0 Å². The lowest BCUT2D eigenvalue weighted by Crippen LogP contribution is -2.13. The molecule has 2 aromatic heterocycles. The van der Waals surface area contributed by atoms with Gasteiger partial charge in [0.2, 0.25) is 0 Å². The molecule has 0 atom stereocenters. The van der Waals surface area contributed by atoms with E-state index in [2.05, 4.69) is 15.3 Å². The van der Waals surface area contributed by atoms with E-state index >= 15 is 0 Å². The lowest BCUT2D eigenvalue weighted by molar-refractivity contribution is 0.102. The van der Waals surface area contributed by atoms with Crippen LogP contribution in [0.25, 0.3) is 0 Å². The highest BCUT2D eigenvalue weighted by atomic mass is 35.5. The Balaban J connectivity index is 2.21. The first-order valence-electron chi connectivity index (χ1n) is 5.00. The number of amides is 1. The molecule has 0 radical (unpaired) electrons. The van der Waals surface area contributed by atoms with Crippen molar-refractivity contribution in [1.29, 1.82) is 0 Å². The average Bonchev–Trinajstić information content (AvgIpc) is 2.30. The Morgan fingerprint density at radius 3 is 2.71 bits per heavy atom. The zero-order chi connectivity index (χ0) is 12.3. The normalized spacial score (nSPS) is 10.0. The van der Waals surface area contributed by atoms with E-state index in [4.69, 9.17) is 11.6 Å². The zero-order valence-corrected chi connectivity index (χ0v) is 9.90. The largest absolute Gasteiger partial charge is 0.322 e. The molecular weight excluding hydrogens is 238 g/mol. The maximum Gasteiger partial charge on any atom is 0.258 e. The van der Waals surface area contributed by atoms with Gasteiger partial charge in [0.25, 0.3) is 5.91 Å². The van der Waals surface area contributed by atoms with Gasteiger partial charge in [-0.3, -0.25) is 14.8 Å². The van der Waals surface area contributed by atoms with Gasteiger partial charge in [-0.2, -0.15) is 0 Å². The van der Waals surface area contributed by atoms with Crippen molar-refractivity contribution in [1.82, 2.24) is 9.97 Å². The summed E-state index contributed by atoms with van der Waals surface area (Å²) < 4.78 is 0. The molecule has 0 saturated carbocycles. The van der Waals surface area contributed by atoms with Gasteiger partial charge in [-0.05, 0) is 25.1 Å². The molecular formula is C12H10ClN3O. The van der Waals surface area contributed by atoms with Gasteiger partial charge in [-0.1, -0.05) is 11.6 Å². The van der Waals surface area contributed by atoms with E-state index in [1.165, 1.54) is 6.20 Å². The van der Waals surface area contributed by atoms with Gasteiger partial charge in [0.1, 0.15) is 0 Å². The summed E-state index contributed by atoms with van der Waals surface area (Å²) in [6.07, 6.45) is 4.67. The molecule has 17 heavy (non-hydrogen) atoms. The van der Waals surface area contributed by atoms with Crippen LogP contribution in [0.15, 0.2) is 36.8 Å². The molecule has 0 aliphatic heterocycles. The van der Waals surface area contributed by atoms with Crippen LogP contribution in [0.2, 0.25) is 5.02 Å². The molecule has 2 aromatic rings. The van der Waals surface area contributed by atoms with Gasteiger partial charge in [0.15, 0.2) is 0 Å². The van der Waals surface area contributed by atoms with Crippen molar-refractivity contribution in [3.63, 3.8) is 0 Å². The van der Waals surface area contributed by atoms with Crippen LogP contribution >= 0.6 is 11.6 Å². The summed E-state index contributed by atoms with van der Waals surface area (Å²) >= 11 is 5.98. The summed E-state index contributed by atoms with van der Waals surface area (Å²) in [6.45, 7) is 1.82. The summed E-state index contributed by atoms with van der Waals surface area (Å²) in [6, 6.07) is 5.06. The summed E-state index contributed by atoms with van der Waals surface area (Å²) in [7, 11) is 0. The van der Waals surface area contributed by atoms with Crippen LogP contribution in [-0.2, 0) is 0 Å². The van der Waals surface area contributed by atoms with Crippen molar-refractivity contribution in [2.45, 2.75) is 6.92 Å². The minimum Gasteiger partial charge on any atom is -0.322 e. The van der Waals surface area contributed by atoms with Gasteiger partial charge >= 0.3 is 0 Å². The Hall–Kier alpha value is -1.94. The topological polar surface area (TPSA) is 54.9 Å². The minimum absolute atomic E-state index is 0.284. The van der Waals surface area contributed by atoms with Crippen molar-refractivity contribution in [3.8, 4) is 0 Å². The predicted octanol–water partition coefficient (Wildman–Crippen LogP) is 2.69. The van der Waals surface area contributed by atoms with E-state index in [0.29, 0.717) is 16.3 Å². The van der Waals surface area contributed by atoms with Crippen LogP contribution in [-0.4, -0.2) is 15.9 Å². The van der Waals surface area contributed by atoms with Gasteiger partial charge in [-0.15, -0.1) is 0 Å². The van der Waals surface area contributed by atoms with Crippen molar-refractivity contribution in [3.05, 3.63) is 53.1 Å². The number of nitrogens with zero attached hydrogens (tertiary/aromatic N) is 2. The quantitative estimate of drug-likeness (QED) is 0.888. The molecule has 0 aliphatic rings. The number of hydrogen-bond donors (Lipinski definition) is 1. The third-order valence-corrected chi connectivity index (χ3v) is 2.49. The van der Waals surface area contributed by atoms with Crippen LogP contribution in [0.3, 0.4) is 0 Å². The Kier molecular flexibility index (Phi) is 3.35. The molecule has 0 spiro atoms. The molecule has 0 bridgehead atoms. The number of nitrogens with one attached hydrogen (secondary N) is 1. The fourth-order valence-corrected chi connectivity index (χ4v) is 1.62. The number of carbonyl (C=O) groups is 1. The highest BCUT2D eigenvalue weighted by Crippen LogP contribution is 2.17. The zero-order valence-electron chi connectivity index (χ0n) is 9.14. The number of hydrogen-bond acceptors (Lipinski definition) is 3. The Bertz CT molecular complexity index is 543. The molecule has 0 aliphatic carbocycles. The fourth-order valence-electron chi connectivity index (χ4n) is 1.33. The lowest BCUT2D eigenvalue weighted by Gasteiger charge is -2.06. The van der Waals surface area contributed by atoms with E-state index in [9.17, 15) is 4.79 Å². The van der Waals surface area contributed by atoms with Gasteiger partial charge < -0.3 is 5.32 Å². The average molecular weight is 248 g/mol. The number of aryl methyl sites for hydroxylation is 1. The molecule has 86 valence electrons. The summed E-state index contributed by atoms with van der Waals surface area (Å²) in [4.78, 5) is 19.8. The van der Waals surface area contributed by atoms with E-state index in [1.54, 1.807) is 30.6 Å². The van der Waals surface area contributed by atoms with Gasteiger partial charge in [0.05, 0.1) is 10.6 Å². The first kappa shape index (κ1) is 11.5. The second-order valence-electron chi connectivity index (χ2n) is 3.50. The third kappa shape index (κ3) is 2.79. The molecule has 0 fully saturated rings. The first-order chi connectivity index (χ1) is 8.16. The molecule has 1 N–H and O–H groups in total. The van der Waals surface area contributed by atoms with E-state index in [0.717, 1.165) is 5.69 Å². The highest BCUT2D eigenvalue weighted by Gasteiger charge is 2.11. The Morgan fingerprint density at radius 2 is 2.06 bits per heavy atom. The summed E-state index contributed by atoms with van der Waals surface area (Å²) in [5.74, 6) is -0.284. The molecule has 5 heteroatoms. The van der Waals surface area contributed by atoms with Crippen LogP contribution in [0.1, 0.15) is 16.1 Å².